The van der Waals surface area contributed by atoms with E-state index in [2.05, 4.69) is 0 Å². The van der Waals surface area contributed by atoms with E-state index >= 15 is 0 Å². The molecule has 2 aliphatic rings. The van der Waals surface area contributed by atoms with Gasteiger partial charge in [-0.25, -0.2) is 16.8 Å². The SMILES string of the molecule is Cc1ccc(S(=O)(=O)N(C[C@@H]2CC3(CCCCC3)C(=O)O2)S(=O)(=O)c2ccc(C)cc2)cc1. The number of rotatable bonds is 6. The molecule has 1 spiro atoms. The number of hydrogen-bond donors (Lipinski definition) is 0. The average Bonchev–Trinajstić information content (AvgIpc) is 3.07. The van der Waals surface area contributed by atoms with E-state index in [-0.39, 0.29) is 15.8 Å². The van der Waals surface area contributed by atoms with E-state index in [4.69, 9.17) is 4.74 Å². The first-order chi connectivity index (χ1) is 15.5. The third-order valence-corrected chi connectivity index (χ3v) is 10.9. The molecule has 1 atom stereocenters. The van der Waals surface area contributed by atoms with Crippen molar-refractivity contribution in [1.82, 2.24) is 3.71 Å². The fourth-order valence-corrected chi connectivity index (χ4v) is 8.43. The largest absolute Gasteiger partial charge is 0.460 e. The first-order valence-electron chi connectivity index (χ1n) is 11.2. The number of hydrogen-bond acceptors (Lipinski definition) is 6. The molecule has 0 bridgehead atoms. The van der Waals surface area contributed by atoms with Crippen LogP contribution in [0.25, 0.3) is 0 Å². The first-order valence-corrected chi connectivity index (χ1v) is 14.1. The second-order valence-electron chi connectivity index (χ2n) is 9.16. The summed E-state index contributed by atoms with van der Waals surface area (Å²) in [5.41, 5.74) is 1.08. The fraction of sp³-hybridized carbons (Fsp3) is 0.458. The summed E-state index contributed by atoms with van der Waals surface area (Å²) >= 11 is 0. The highest BCUT2D eigenvalue weighted by Gasteiger charge is 2.51. The van der Waals surface area contributed by atoms with Crippen LogP contribution >= 0.6 is 0 Å². The molecule has 33 heavy (non-hydrogen) atoms. The van der Waals surface area contributed by atoms with Gasteiger partial charge in [0.2, 0.25) is 0 Å². The van der Waals surface area contributed by atoms with Crippen LogP contribution in [-0.4, -0.2) is 39.2 Å². The quantitative estimate of drug-likeness (QED) is 0.568. The van der Waals surface area contributed by atoms with Crippen molar-refractivity contribution in [3.63, 3.8) is 0 Å². The lowest BCUT2D eigenvalue weighted by Crippen LogP contribution is -2.42. The van der Waals surface area contributed by atoms with E-state index in [0.29, 0.717) is 23.0 Å². The predicted octanol–water partition coefficient (Wildman–Crippen LogP) is 3.95. The molecule has 2 aromatic carbocycles. The van der Waals surface area contributed by atoms with E-state index < -0.39 is 38.1 Å². The smallest absolute Gasteiger partial charge is 0.312 e. The Morgan fingerprint density at radius 3 is 1.73 bits per heavy atom. The van der Waals surface area contributed by atoms with Crippen molar-refractivity contribution in [2.45, 2.75) is 68.3 Å². The van der Waals surface area contributed by atoms with Gasteiger partial charge < -0.3 is 4.74 Å². The lowest BCUT2D eigenvalue weighted by molar-refractivity contribution is -0.150. The van der Waals surface area contributed by atoms with Crippen LogP contribution in [0.2, 0.25) is 0 Å². The monoisotopic (exact) mass is 491 g/mol. The van der Waals surface area contributed by atoms with Crippen LogP contribution in [0.15, 0.2) is 58.3 Å². The van der Waals surface area contributed by atoms with Crippen LogP contribution < -0.4 is 0 Å². The summed E-state index contributed by atoms with van der Waals surface area (Å²) in [5.74, 6) is -0.340. The lowest BCUT2D eigenvalue weighted by atomic mass is 9.72. The molecule has 2 fully saturated rings. The zero-order valence-electron chi connectivity index (χ0n) is 18.9. The molecule has 1 heterocycles. The van der Waals surface area contributed by atoms with Crippen molar-refractivity contribution in [2.75, 3.05) is 6.54 Å². The van der Waals surface area contributed by atoms with E-state index in [0.717, 1.165) is 30.4 Å². The molecule has 0 amide bonds. The molecule has 1 aliphatic carbocycles. The van der Waals surface area contributed by atoms with Gasteiger partial charge in [-0.1, -0.05) is 58.4 Å². The number of ether oxygens (including phenoxy) is 1. The Kier molecular flexibility index (Phi) is 6.41. The Labute approximate surface area is 195 Å². The van der Waals surface area contributed by atoms with Gasteiger partial charge in [-0.05, 0) is 51.0 Å². The van der Waals surface area contributed by atoms with Crippen LogP contribution in [-0.2, 0) is 29.6 Å². The minimum Gasteiger partial charge on any atom is -0.460 e. The highest BCUT2D eigenvalue weighted by atomic mass is 32.3. The van der Waals surface area contributed by atoms with Crippen LogP contribution in [0.4, 0.5) is 0 Å². The zero-order chi connectivity index (χ0) is 23.9. The Morgan fingerprint density at radius 1 is 0.818 bits per heavy atom. The van der Waals surface area contributed by atoms with E-state index in [1.54, 1.807) is 24.3 Å². The third-order valence-electron chi connectivity index (χ3n) is 6.66. The van der Waals surface area contributed by atoms with Crippen molar-refractivity contribution in [3.8, 4) is 0 Å². The third kappa shape index (κ3) is 4.58. The van der Waals surface area contributed by atoms with Gasteiger partial charge in [0.15, 0.2) is 0 Å². The van der Waals surface area contributed by atoms with Crippen LogP contribution in [0, 0.1) is 19.3 Å². The maximum Gasteiger partial charge on any atom is 0.312 e. The van der Waals surface area contributed by atoms with E-state index in [1.165, 1.54) is 24.3 Å². The Bertz CT molecular complexity index is 1150. The first kappa shape index (κ1) is 23.9. The topological polar surface area (TPSA) is 97.8 Å². The summed E-state index contributed by atoms with van der Waals surface area (Å²) in [6, 6.07) is 12.1. The number of cyclic esters (lactones) is 1. The molecule has 0 N–H and O–H groups in total. The minimum absolute atomic E-state index is 0.125. The van der Waals surface area contributed by atoms with Crippen molar-refractivity contribution >= 4 is 26.0 Å². The van der Waals surface area contributed by atoms with Gasteiger partial charge in [-0.3, -0.25) is 4.79 Å². The number of benzene rings is 2. The number of esters is 1. The van der Waals surface area contributed by atoms with E-state index in [9.17, 15) is 21.6 Å². The maximum absolute atomic E-state index is 13.6. The lowest BCUT2D eigenvalue weighted by Gasteiger charge is -2.29. The summed E-state index contributed by atoms with van der Waals surface area (Å²) in [6.45, 7) is 3.19. The molecule has 0 radical (unpaired) electrons. The van der Waals surface area contributed by atoms with Gasteiger partial charge in [-0.15, -0.1) is 0 Å². The fourth-order valence-electron chi connectivity index (χ4n) is 4.72. The summed E-state index contributed by atoms with van der Waals surface area (Å²) in [5, 5.41) is 0. The highest BCUT2D eigenvalue weighted by Crippen LogP contribution is 2.46. The maximum atomic E-state index is 13.6. The van der Waals surface area contributed by atoms with Crippen LogP contribution in [0.5, 0.6) is 0 Å². The molecule has 9 heteroatoms. The summed E-state index contributed by atoms with van der Waals surface area (Å²) in [7, 11) is -8.85. The molecule has 1 saturated heterocycles. The second-order valence-corrected chi connectivity index (χ2v) is 13.1. The number of carbonyl (C=O) groups excluding carboxylic acids is 1. The van der Waals surface area contributed by atoms with Gasteiger partial charge in [-0.2, -0.15) is 0 Å². The Balaban J connectivity index is 1.72. The van der Waals surface area contributed by atoms with Gasteiger partial charge in [0.25, 0.3) is 20.0 Å². The standard InChI is InChI=1S/C24H29NO6S2/c1-18-6-10-21(11-7-18)32(27,28)25(33(29,30)22-12-8-19(2)9-13-22)17-20-16-24(23(26)31-20)14-4-3-5-15-24/h6-13,20H,3-5,14-17H2,1-2H3/t20-/m0/s1. The minimum atomic E-state index is -4.43. The van der Waals surface area contributed by atoms with Crippen LogP contribution in [0.3, 0.4) is 0 Å². The summed E-state index contributed by atoms with van der Waals surface area (Å²) in [4.78, 5) is 12.5. The average molecular weight is 492 g/mol. The number of nitrogens with zero attached hydrogens (tertiary/aromatic N) is 1. The molecule has 1 saturated carbocycles. The van der Waals surface area contributed by atoms with Crippen molar-refractivity contribution in [1.29, 1.82) is 0 Å². The molecule has 7 nitrogen and oxygen atoms in total. The molecule has 0 aromatic heterocycles. The van der Waals surface area contributed by atoms with Gasteiger partial charge in [0.05, 0.1) is 21.8 Å². The molecular formula is C24H29NO6S2. The molecule has 178 valence electrons. The highest BCUT2D eigenvalue weighted by molar-refractivity contribution is 8.04. The molecule has 0 unspecified atom stereocenters. The predicted molar refractivity (Wildman–Crippen MR) is 123 cm³/mol. The molecule has 2 aromatic rings. The number of carbonyl (C=O) groups is 1. The van der Waals surface area contributed by atoms with Gasteiger partial charge in [0, 0.05) is 6.42 Å². The normalized spacial score (nSPS) is 20.8. The van der Waals surface area contributed by atoms with Gasteiger partial charge >= 0.3 is 5.97 Å². The molecular weight excluding hydrogens is 462 g/mol. The van der Waals surface area contributed by atoms with Crippen molar-refractivity contribution in [3.05, 3.63) is 59.7 Å². The van der Waals surface area contributed by atoms with Crippen molar-refractivity contribution < 1.29 is 26.4 Å². The van der Waals surface area contributed by atoms with Crippen molar-refractivity contribution in [2.24, 2.45) is 5.41 Å². The van der Waals surface area contributed by atoms with Crippen LogP contribution in [0.1, 0.15) is 49.7 Å². The number of sulfonamides is 2. The zero-order valence-corrected chi connectivity index (χ0v) is 20.5. The van der Waals surface area contributed by atoms with E-state index in [1.807, 2.05) is 13.8 Å². The van der Waals surface area contributed by atoms with Gasteiger partial charge in [0.1, 0.15) is 6.10 Å². The Morgan fingerprint density at radius 2 is 1.27 bits per heavy atom. The Hall–Kier alpha value is -2.23. The molecule has 4 rings (SSSR count). The second kappa shape index (κ2) is 8.85. The summed E-state index contributed by atoms with van der Waals surface area (Å²) in [6.07, 6.45) is 3.76. The number of aryl methyl sites for hydroxylation is 2. The molecule has 1 aliphatic heterocycles. The summed E-state index contributed by atoms with van der Waals surface area (Å²) < 4.78 is 60.4.